The van der Waals surface area contributed by atoms with Gasteiger partial charge in [-0.15, -0.1) is 0 Å². The number of hydrogen-bond donors (Lipinski definition) is 2. The number of rotatable bonds is 8. The van der Waals surface area contributed by atoms with Gasteiger partial charge in [0.2, 0.25) is 5.91 Å². The number of nitrogens with zero attached hydrogens (tertiary/aromatic N) is 2. The van der Waals surface area contributed by atoms with Gasteiger partial charge in [0.15, 0.2) is 0 Å². The van der Waals surface area contributed by atoms with Crippen LogP contribution in [0.1, 0.15) is 33.6 Å². The van der Waals surface area contributed by atoms with Crippen LogP contribution in [0.3, 0.4) is 0 Å². The summed E-state index contributed by atoms with van der Waals surface area (Å²) in [4.78, 5) is 46.9. The van der Waals surface area contributed by atoms with Gasteiger partial charge >= 0.3 is 18.0 Å². The third-order valence-electron chi connectivity index (χ3n) is 2.59. The lowest BCUT2D eigenvalue weighted by Gasteiger charge is -2.25. The van der Waals surface area contributed by atoms with Gasteiger partial charge in [-0.2, -0.15) is 0 Å². The van der Waals surface area contributed by atoms with E-state index in [1.165, 1.54) is 11.9 Å². The normalized spacial score (nSPS) is 10.8. The van der Waals surface area contributed by atoms with Crippen molar-refractivity contribution in [2.45, 2.75) is 39.2 Å². The fourth-order valence-electron chi connectivity index (χ4n) is 1.62. The van der Waals surface area contributed by atoms with Crippen molar-refractivity contribution >= 4 is 23.9 Å². The number of hydrogen-bond acceptors (Lipinski definition) is 5. The maximum absolute atomic E-state index is 11.9. The van der Waals surface area contributed by atoms with Gasteiger partial charge in [-0.25, -0.2) is 4.79 Å². The van der Waals surface area contributed by atoms with Crippen LogP contribution in [0.2, 0.25) is 0 Å². The Hall–Kier alpha value is -2.32. The average molecular weight is 332 g/mol. The van der Waals surface area contributed by atoms with Crippen LogP contribution in [0, 0.1) is 0 Å². The highest BCUT2D eigenvalue weighted by Crippen LogP contribution is 2.09. The van der Waals surface area contributed by atoms with Crippen LogP contribution in [0.4, 0.5) is 4.79 Å². The second-order valence-corrected chi connectivity index (χ2v) is 6.04. The van der Waals surface area contributed by atoms with Crippen LogP contribution >= 0.6 is 0 Å². The quantitative estimate of drug-likeness (QED) is 0.668. The fourth-order valence-corrected chi connectivity index (χ4v) is 1.62. The summed E-state index contributed by atoms with van der Waals surface area (Å²) in [5.74, 6) is -3.16. The third-order valence-corrected chi connectivity index (χ3v) is 2.59. The Balaban J connectivity index is 4.37. The molecule has 0 saturated heterocycles. The fraction of sp³-hybridized carbons (Fsp3) is 0.714. The van der Waals surface area contributed by atoms with E-state index in [1.54, 1.807) is 20.8 Å². The monoisotopic (exact) mass is 332 g/mol. The van der Waals surface area contributed by atoms with Crippen LogP contribution in [0.15, 0.2) is 0 Å². The molecule has 9 heteroatoms. The summed E-state index contributed by atoms with van der Waals surface area (Å²) in [7, 11) is 1.52. The van der Waals surface area contributed by atoms with Crippen molar-refractivity contribution < 1.29 is 34.1 Å². The minimum atomic E-state index is -1.29. The van der Waals surface area contributed by atoms with Crippen LogP contribution in [-0.4, -0.2) is 76.2 Å². The number of amides is 2. The molecule has 0 rings (SSSR count). The standard InChI is InChI=1S/C14H24N2O7/c1-14(2,3)23-13(22)15(4)7-5-6-10(17)16(8-11(18)19)9-12(20)21/h5-9H2,1-4H3,(H,18,19)(H,20,21). The topological polar surface area (TPSA) is 124 Å². The zero-order chi connectivity index (χ0) is 18.2. The van der Waals surface area contributed by atoms with Gasteiger partial charge < -0.3 is 24.7 Å². The predicted molar refractivity (Wildman–Crippen MR) is 79.9 cm³/mol. The molecule has 0 saturated carbocycles. The van der Waals surface area contributed by atoms with Gasteiger partial charge in [0, 0.05) is 20.0 Å². The van der Waals surface area contributed by atoms with Gasteiger partial charge in [0.25, 0.3) is 0 Å². The van der Waals surface area contributed by atoms with Crippen molar-refractivity contribution in [1.82, 2.24) is 9.80 Å². The van der Waals surface area contributed by atoms with Gasteiger partial charge in [-0.1, -0.05) is 0 Å². The Bertz CT molecular complexity index is 441. The van der Waals surface area contributed by atoms with E-state index in [9.17, 15) is 19.2 Å². The van der Waals surface area contributed by atoms with E-state index in [1.807, 2.05) is 0 Å². The molecule has 0 aromatic carbocycles. The highest BCUT2D eigenvalue weighted by Gasteiger charge is 2.21. The molecule has 0 aromatic heterocycles. The Kier molecular flexibility index (Phi) is 8.06. The summed E-state index contributed by atoms with van der Waals surface area (Å²) in [6.45, 7) is 4.09. The highest BCUT2D eigenvalue weighted by atomic mass is 16.6. The summed E-state index contributed by atoms with van der Waals surface area (Å²) in [5, 5.41) is 17.4. The summed E-state index contributed by atoms with van der Waals surface area (Å²) < 4.78 is 5.15. The molecule has 23 heavy (non-hydrogen) atoms. The van der Waals surface area contributed by atoms with Crippen LogP contribution in [0.5, 0.6) is 0 Å². The van der Waals surface area contributed by atoms with E-state index >= 15 is 0 Å². The Labute approximate surface area is 134 Å². The van der Waals surface area contributed by atoms with E-state index in [-0.39, 0.29) is 19.4 Å². The number of carboxylic acid groups (broad SMARTS) is 2. The largest absolute Gasteiger partial charge is 0.480 e. The Morgan fingerprint density at radius 3 is 1.87 bits per heavy atom. The summed E-state index contributed by atoms with van der Waals surface area (Å²) in [6.07, 6.45) is -0.323. The maximum atomic E-state index is 11.9. The maximum Gasteiger partial charge on any atom is 0.410 e. The van der Waals surface area contributed by atoms with Crippen LogP contribution in [0.25, 0.3) is 0 Å². The minimum absolute atomic E-state index is 0.0618. The molecule has 9 nitrogen and oxygen atoms in total. The first-order valence-electron chi connectivity index (χ1n) is 7.08. The zero-order valence-electron chi connectivity index (χ0n) is 13.9. The molecule has 0 aliphatic heterocycles. The van der Waals surface area contributed by atoms with E-state index < -0.39 is 42.6 Å². The lowest BCUT2D eigenvalue weighted by molar-refractivity contribution is -0.149. The third kappa shape index (κ3) is 10.1. The van der Waals surface area contributed by atoms with E-state index in [4.69, 9.17) is 14.9 Å². The predicted octanol–water partition coefficient (Wildman–Crippen LogP) is 0.631. The van der Waals surface area contributed by atoms with Gasteiger partial charge in [0.05, 0.1) is 0 Å². The van der Waals surface area contributed by atoms with E-state index in [0.717, 1.165) is 4.90 Å². The molecule has 0 fully saturated rings. The zero-order valence-corrected chi connectivity index (χ0v) is 13.9. The first-order chi connectivity index (χ1) is 10.4. The summed E-state index contributed by atoms with van der Waals surface area (Å²) in [6, 6.07) is 0. The second-order valence-electron chi connectivity index (χ2n) is 6.04. The van der Waals surface area contributed by atoms with Gasteiger partial charge in [0.1, 0.15) is 18.7 Å². The molecule has 2 N–H and O–H groups in total. The molecule has 0 aliphatic rings. The average Bonchev–Trinajstić information content (AvgIpc) is 2.34. The molecule has 0 heterocycles. The molecule has 0 unspecified atom stereocenters. The molecule has 2 amide bonds. The first-order valence-corrected chi connectivity index (χ1v) is 7.08. The number of carbonyl (C=O) groups is 4. The number of carboxylic acids is 2. The van der Waals surface area contributed by atoms with E-state index in [2.05, 4.69) is 0 Å². The molecule has 132 valence electrons. The highest BCUT2D eigenvalue weighted by molar-refractivity contribution is 5.85. The van der Waals surface area contributed by atoms with Crippen molar-refractivity contribution in [1.29, 1.82) is 0 Å². The smallest absolute Gasteiger partial charge is 0.410 e. The van der Waals surface area contributed by atoms with Crippen molar-refractivity contribution in [3.8, 4) is 0 Å². The van der Waals surface area contributed by atoms with E-state index in [0.29, 0.717) is 0 Å². The molecule has 0 aliphatic carbocycles. The number of carbonyl (C=O) groups excluding carboxylic acids is 2. The van der Waals surface area contributed by atoms with Crippen molar-refractivity contribution in [3.63, 3.8) is 0 Å². The number of aliphatic carboxylic acids is 2. The Morgan fingerprint density at radius 2 is 1.48 bits per heavy atom. The minimum Gasteiger partial charge on any atom is -0.480 e. The molecule has 0 bridgehead atoms. The summed E-state index contributed by atoms with van der Waals surface area (Å²) >= 11 is 0. The first kappa shape index (κ1) is 20.7. The van der Waals surface area contributed by atoms with Gasteiger partial charge in [-0.05, 0) is 27.2 Å². The SMILES string of the molecule is CN(CCCC(=O)N(CC(=O)O)CC(=O)O)C(=O)OC(C)(C)C. The lowest BCUT2D eigenvalue weighted by Crippen LogP contribution is -2.40. The number of ether oxygens (including phenoxy) is 1. The molecular weight excluding hydrogens is 308 g/mol. The van der Waals surface area contributed by atoms with Crippen molar-refractivity contribution in [2.24, 2.45) is 0 Å². The molecular formula is C14H24N2O7. The Morgan fingerprint density at radius 1 is 1.00 bits per heavy atom. The van der Waals surface area contributed by atoms with Gasteiger partial charge in [-0.3, -0.25) is 14.4 Å². The lowest BCUT2D eigenvalue weighted by atomic mass is 10.2. The summed E-state index contributed by atoms with van der Waals surface area (Å²) in [5.41, 5.74) is -0.624. The van der Waals surface area contributed by atoms with Crippen LogP contribution in [-0.2, 0) is 19.1 Å². The molecule has 0 atom stereocenters. The van der Waals surface area contributed by atoms with Crippen LogP contribution < -0.4 is 0 Å². The van der Waals surface area contributed by atoms with Crippen molar-refractivity contribution in [2.75, 3.05) is 26.7 Å². The molecule has 0 radical (unpaired) electrons. The second kappa shape index (κ2) is 8.96. The molecule has 0 aromatic rings. The molecule has 0 spiro atoms. The van der Waals surface area contributed by atoms with Crippen molar-refractivity contribution in [3.05, 3.63) is 0 Å².